The van der Waals surface area contributed by atoms with Crippen LogP contribution in [0.2, 0.25) is 5.02 Å². The van der Waals surface area contributed by atoms with Gasteiger partial charge < -0.3 is 4.90 Å². The van der Waals surface area contributed by atoms with Crippen LogP contribution in [0.1, 0.15) is 11.7 Å². The molecular formula is C21H16ClN3. The molecule has 0 fully saturated rings. The molecule has 0 bridgehead atoms. The van der Waals surface area contributed by atoms with Crippen LogP contribution >= 0.6 is 11.6 Å². The van der Waals surface area contributed by atoms with Gasteiger partial charge in [0, 0.05) is 23.3 Å². The van der Waals surface area contributed by atoms with Gasteiger partial charge >= 0.3 is 0 Å². The molecule has 1 atom stereocenters. The molecule has 0 aliphatic carbocycles. The number of hydrogen-bond acceptors (Lipinski definition) is 2. The Morgan fingerprint density at radius 2 is 1.72 bits per heavy atom. The predicted octanol–water partition coefficient (Wildman–Crippen LogP) is 5.35. The molecule has 1 unspecified atom stereocenters. The molecule has 4 heteroatoms. The van der Waals surface area contributed by atoms with E-state index in [1.165, 1.54) is 5.69 Å². The maximum Gasteiger partial charge on any atom is 0.145 e. The van der Waals surface area contributed by atoms with E-state index in [1.807, 2.05) is 24.3 Å². The molecule has 3 aromatic carbocycles. The Labute approximate surface area is 151 Å². The summed E-state index contributed by atoms with van der Waals surface area (Å²) >= 11 is 6.29. The molecule has 2 heterocycles. The van der Waals surface area contributed by atoms with E-state index in [0.29, 0.717) is 0 Å². The summed E-state index contributed by atoms with van der Waals surface area (Å²) in [6.45, 7) is 0. The fraction of sp³-hybridized carbons (Fsp3) is 0.0952. The van der Waals surface area contributed by atoms with Gasteiger partial charge in [-0.15, -0.1) is 0 Å². The van der Waals surface area contributed by atoms with Crippen molar-refractivity contribution in [3.8, 4) is 11.4 Å². The zero-order valence-electron chi connectivity index (χ0n) is 13.7. The van der Waals surface area contributed by atoms with Gasteiger partial charge in [0.1, 0.15) is 12.0 Å². The highest BCUT2D eigenvalue weighted by molar-refractivity contribution is 6.30. The van der Waals surface area contributed by atoms with Crippen molar-refractivity contribution in [2.75, 3.05) is 11.9 Å². The van der Waals surface area contributed by atoms with E-state index in [-0.39, 0.29) is 6.17 Å². The third-order valence-corrected chi connectivity index (χ3v) is 5.11. The summed E-state index contributed by atoms with van der Waals surface area (Å²) < 4.78 is 2.31. The molecule has 0 saturated heterocycles. The van der Waals surface area contributed by atoms with Crippen molar-refractivity contribution in [3.63, 3.8) is 0 Å². The van der Waals surface area contributed by atoms with Gasteiger partial charge in [-0.1, -0.05) is 48.0 Å². The van der Waals surface area contributed by atoms with E-state index >= 15 is 0 Å². The minimum Gasteiger partial charge on any atom is -0.350 e. The molecule has 1 aliphatic heterocycles. The first-order chi connectivity index (χ1) is 12.2. The summed E-state index contributed by atoms with van der Waals surface area (Å²) in [5.74, 6) is 1.000. The number of fused-ring (bicyclic) bond motifs is 5. The molecule has 0 N–H and O–H groups in total. The highest BCUT2D eigenvalue weighted by Crippen LogP contribution is 2.43. The fourth-order valence-electron chi connectivity index (χ4n) is 3.80. The van der Waals surface area contributed by atoms with Crippen LogP contribution in [-0.4, -0.2) is 16.6 Å². The molecule has 0 saturated carbocycles. The standard InChI is InChI=1S/C21H16ClN3/c1-24-18-11-4-2-9-16(18)20-23-17-10-3-5-12-19(17)25(20)21(24)14-7-6-8-15(22)13-14/h2-13,21H,1H3. The first-order valence-corrected chi connectivity index (χ1v) is 8.66. The highest BCUT2D eigenvalue weighted by Gasteiger charge is 2.32. The molecule has 25 heavy (non-hydrogen) atoms. The van der Waals surface area contributed by atoms with Gasteiger partial charge in [0.15, 0.2) is 0 Å². The summed E-state index contributed by atoms with van der Waals surface area (Å²) in [6, 6.07) is 24.8. The Kier molecular flexibility index (Phi) is 3.12. The van der Waals surface area contributed by atoms with E-state index in [0.717, 1.165) is 33.0 Å². The first-order valence-electron chi connectivity index (χ1n) is 8.29. The summed E-state index contributed by atoms with van der Waals surface area (Å²) in [6.07, 6.45) is 0.0102. The molecular weight excluding hydrogens is 330 g/mol. The largest absolute Gasteiger partial charge is 0.350 e. The van der Waals surface area contributed by atoms with Crippen molar-refractivity contribution < 1.29 is 0 Å². The normalized spacial score (nSPS) is 15.9. The topological polar surface area (TPSA) is 21.1 Å². The predicted molar refractivity (Wildman–Crippen MR) is 103 cm³/mol. The second-order valence-corrected chi connectivity index (χ2v) is 6.79. The molecule has 1 aliphatic rings. The fourth-order valence-corrected chi connectivity index (χ4v) is 4.00. The number of rotatable bonds is 1. The van der Waals surface area contributed by atoms with Crippen molar-refractivity contribution in [2.24, 2.45) is 0 Å². The SMILES string of the molecule is CN1c2ccccc2-c2nc3ccccc3n2C1c1cccc(Cl)c1. The number of imidazole rings is 1. The number of halogens is 1. The third kappa shape index (κ3) is 2.09. The molecule has 122 valence electrons. The maximum absolute atomic E-state index is 6.29. The van der Waals surface area contributed by atoms with Gasteiger partial charge in [-0.2, -0.15) is 0 Å². The third-order valence-electron chi connectivity index (χ3n) is 4.88. The lowest BCUT2D eigenvalue weighted by Crippen LogP contribution is -2.34. The van der Waals surface area contributed by atoms with Crippen LogP contribution < -0.4 is 4.90 Å². The van der Waals surface area contributed by atoms with E-state index < -0.39 is 0 Å². The number of benzene rings is 3. The molecule has 0 radical (unpaired) electrons. The van der Waals surface area contributed by atoms with Gasteiger partial charge in [0.05, 0.1) is 11.0 Å². The zero-order chi connectivity index (χ0) is 17.0. The van der Waals surface area contributed by atoms with Crippen molar-refractivity contribution in [1.82, 2.24) is 9.55 Å². The van der Waals surface area contributed by atoms with Crippen molar-refractivity contribution in [3.05, 3.63) is 83.4 Å². The Bertz CT molecular complexity index is 1100. The van der Waals surface area contributed by atoms with Gasteiger partial charge in [-0.3, -0.25) is 4.57 Å². The number of aromatic nitrogens is 2. The van der Waals surface area contributed by atoms with Crippen molar-refractivity contribution in [2.45, 2.75) is 6.17 Å². The molecule has 4 aromatic rings. The van der Waals surface area contributed by atoms with Crippen LogP contribution in [0.3, 0.4) is 0 Å². The lowest BCUT2D eigenvalue weighted by Gasteiger charge is -2.38. The molecule has 0 spiro atoms. The Balaban J connectivity index is 1.87. The number of para-hydroxylation sites is 3. The average Bonchev–Trinajstić information content (AvgIpc) is 3.02. The highest BCUT2D eigenvalue weighted by atomic mass is 35.5. The van der Waals surface area contributed by atoms with E-state index in [2.05, 4.69) is 65.0 Å². The smallest absolute Gasteiger partial charge is 0.145 e. The van der Waals surface area contributed by atoms with Crippen LogP contribution in [-0.2, 0) is 0 Å². The van der Waals surface area contributed by atoms with Crippen molar-refractivity contribution >= 4 is 28.3 Å². The quantitative estimate of drug-likeness (QED) is 0.463. The summed E-state index contributed by atoms with van der Waals surface area (Å²) in [5, 5.41) is 0.746. The van der Waals surface area contributed by atoms with Crippen LogP contribution in [0.4, 0.5) is 5.69 Å². The molecule has 0 amide bonds. The van der Waals surface area contributed by atoms with E-state index in [9.17, 15) is 0 Å². The van der Waals surface area contributed by atoms with E-state index in [1.54, 1.807) is 0 Å². The number of anilines is 1. The minimum absolute atomic E-state index is 0.0102. The number of hydrogen-bond donors (Lipinski definition) is 0. The van der Waals surface area contributed by atoms with Crippen molar-refractivity contribution in [1.29, 1.82) is 0 Å². The van der Waals surface area contributed by atoms with Crippen LogP contribution in [0.5, 0.6) is 0 Å². The summed E-state index contributed by atoms with van der Waals surface area (Å²) in [5.41, 5.74) is 5.61. The lowest BCUT2D eigenvalue weighted by atomic mass is 10.0. The van der Waals surface area contributed by atoms with Crippen LogP contribution in [0, 0.1) is 0 Å². The Hall–Kier alpha value is -2.78. The number of nitrogens with zero attached hydrogens (tertiary/aromatic N) is 3. The average molecular weight is 346 g/mol. The Morgan fingerprint density at radius 3 is 2.60 bits per heavy atom. The van der Waals surface area contributed by atoms with E-state index in [4.69, 9.17) is 16.6 Å². The second-order valence-electron chi connectivity index (χ2n) is 6.35. The second kappa shape index (κ2) is 5.36. The lowest BCUT2D eigenvalue weighted by molar-refractivity contribution is 0.582. The molecule has 3 nitrogen and oxygen atoms in total. The van der Waals surface area contributed by atoms with Gasteiger partial charge in [0.2, 0.25) is 0 Å². The summed E-state index contributed by atoms with van der Waals surface area (Å²) in [4.78, 5) is 7.22. The molecule has 1 aromatic heterocycles. The van der Waals surface area contributed by atoms with Crippen LogP contribution in [0.25, 0.3) is 22.4 Å². The first kappa shape index (κ1) is 14.6. The minimum atomic E-state index is 0.0102. The zero-order valence-corrected chi connectivity index (χ0v) is 14.5. The van der Waals surface area contributed by atoms with Gasteiger partial charge in [-0.25, -0.2) is 4.98 Å². The van der Waals surface area contributed by atoms with Crippen LogP contribution in [0.15, 0.2) is 72.8 Å². The van der Waals surface area contributed by atoms with Gasteiger partial charge in [-0.05, 0) is 42.0 Å². The monoisotopic (exact) mass is 345 g/mol. The maximum atomic E-state index is 6.29. The molecule has 5 rings (SSSR count). The van der Waals surface area contributed by atoms with Gasteiger partial charge in [0.25, 0.3) is 0 Å². The Morgan fingerprint density at radius 1 is 0.920 bits per heavy atom. The summed E-state index contributed by atoms with van der Waals surface area (Å²) in [7, 11) is 2.13.